The Labute approximate surface area is 220 Å². The highest BCUT2D eigenvalue weighted by Crippen LogP contribution is 2.31. The maximum atomic E-state index is 10.2. The van der Waals surface area contributed by atoms with Crippen LogP contribution in [0.15, 0.2) is 34.2 Å². The summed E-state index contributed by atoms with van der Waals surface area (Å²) < 4.78 is 5.77. The average Bonchev–Trinajstić information content (AvgIpc) is 2.60. The molecule has 0 heterocycles. The van der Waals surface area contributed by atoms with E-state index in [1.165, 1.54) is 7.48 Å². The summed E-state index contributed by atoms with van der Waals surface area (Å²) in [5.74, 6) is 0. The van der Waals surface area contributed by atoms with Crippen LogP contribution in [0.25, 0.3) is 0 Å². The van der Waals surface area contributed by atoms with Gasteiger partial charge in [-0.05, 0) is 61.0 Å². The van der Waals surface area contributed by atoms with Crippen molar-refractivity contribution in [3.8, 4) is 0 Å². The first-order valence-corrected chi connectivity index (χ1v) is 10.6. The molecule has 8 nitrogen and oxygen atoms in total. The summed E-state index contributed by atoms with van der Waals surface area (Å²) >= 11 is 0. The first kappa shape index (κ1) is 35.6. The molecule has 0 saturated heterocycles. The van der Waals surface area contributed by atoms with Crippen LogP contribution in [-0.4, -0.2) is 76.9 Å². The van der Waals surface area contributed by atoms with Crippen molar-refractivity contribution in [2.24, 2.45) is 17.2 Å². The molecule has 2 aliphatic carbocycles. The lowest BCUT2D eigenvalue weighted by atomic mass is 9.67. The second kappa shape index (κ2) is 12.1. The maximum Gasteiger partial charge on any atom is 0.328 e. The van der Waals surface area contributed by atoms with Gasteiger partial charge in [-0.25, -0.2) is 0 Å². The minimum atomic E-state index is -1.05. The van der Waals surface area contributed by atoms with Gasteiger partial charge in [-0.3, -0.25) is 0 Å². The SMILES string of the molecule is CC(C)(O)C(C)(C)O.S.S.[B]C1=CC2=C(C=C([B]OC(C)(C)C(C)(C)O)C(N)C2N)C(=N)C1N. The zero-order chi connectivity index (χ0) is 25.4. The number of hydrogen-bond acceptors (Lipinski definition) is 8. The van der Waals surface area contributed by atoms with Crippen LogP contribution in [0.1, 0.15) is 55.4 Å². The average molecular weight is 513 g/mol. The van der Waals surface area contributed by atoms with E-state index >= 15 is 0 Å². The molecule has 0 aromatic heterocycles. The van der Waals surface area contributed by atoms with Crippen LogP contribution < -0.4 is 17.2 Å². The molecule has 0 fully saturated rings. The van der Waals surface area contributed by atoms with Crippen molar-refractivity contribution in [1.82, 2.24) is 0 Å². The molecule has 0 spiro atoms. The topological polar surface area (TPSA) is 172 Å². The van der Waals surface area contributed by atoms with E-state index in [-0.39, 0.29) is 32.7 Å². The number of aliphatic hydroxyl groups is 3. The largest absolute Gasteiger partial charge is 0.427 e. The highest BCUT2D eigenvalue weighted by Gasteiger charge is 2.38. The lowest BCUT2D eigenvalue weighted by molar-refractivity contribution is -0.107. The van der Waals surface area contributed by atoms with Crippen molar-refractivity contribution in [3.63, 3.8) is 0 Å². The fraction of sp³-hybridized carbons (Fsp3) is 0.682. The number of allylic oxidation sites excluding steroid dienone is 1. The molecular weight excluding hydrogens is 470 g/mol. The summed E-state index contributed by atoms with van der Waals surface area (Å²) in [6.45, 7) is 13.2. The summed E-state index contributed by atoms with van der Waals surface area (Å²) in [5.41, 5.74) is 17.1. The molecule has 3 radical (unpaired) electrons. The monoisotopic (exact) mass is 513 g/mol. The summed E-state index contributed by atoms with van der Waals surface area (Å²) in [7, 11) is 7.37. The van der Waals surface area contributed by atoms with Crippen LogP contribution in [0.2, 0.25) is 0 Å². The third-order valence-electron chi connectivity index (χ3n) is 6.50. The lowest BCUT2D eigenvalue weighted by Crippen LogP contribution is -2.52. The Balaban J connectivity index is 0. The zero-order valence-corrected chi connectivity index (χ0v) is 23.5. The molecule has 0 amide bonds. The van der Waals surface area contributed by atoms with Crippen LogP contribution in [0.4, 0.5) is 0 Å². The van der Waals surface area contributed by atoms with E-state index in [4.69, 9.17) is 45.3 Å². The van der Waals surface area contributed by atoms with Gasteiger partial charge in [0.15, 0.2) is 0 Å². The molecule has 34 heavy (non-hydrogen) atoms. The summed E-state index contributed by atoms with van der Waals surface area (Å²) in [4.78, 5) is 0. The van der Waals surface area contributed by atoms with Gasteiger partial charge in [0.25, 0.3) is 0 Å². The molecule has 0 saturated carbocycles. The molecule has 0 aromatic carbocycles. The Morgan fingerprint density at radius 2 is 1.29 bits per heavy atom. The van der Waals surface area contributed by atoms with Gasteiger partial charge in [-0.1, -0.05) is 23.1 Å². The van der Waals surface area contributed by atoms with Crippen LogP contribution >= 0.6 is 27.0 Å². The molecule has 3 atom stereocenters. The first-order chi connectivity index (χ1) is 14.1. The summed E-state index contributed by atoms with van der Waals surface area (Å²) in [6, 6.07) is -1.68. The summed E-state index contributed by atoms with van der Waals surface area (Å²) in [6.07, 6.45) is 3.46. The van der Waals surface area contributed by atoms with E-state index < -0.39 is 40.5 Å². The predicted octanol–water partition coefficient (Wildman–Crippen LogP) is 0.187. The van der Waals surface area contributed by atoms with Gasteiger partial charge in [0, 0.05) is 17.7 Å². The fourth-order valence-electron chi connectivity index (χ4n) is 2.41. The van der Waals surface area contributed by atoms with Crippen LogP contribution in [0.5, 0.6) is 0 Å². The van der Waals surface area contributed by atoms with Crippen molar-refractivity contribution >= 4 is 48.0 Å². The van der Waals surface area contributed by atoms with Crippen LogP contribution in [-0.2, 0) is 4.65 Å². The van der Waals surface area contributed by atoms with E-state index in [2.05, 4.69) is 0 Å². The van der Waals surface area contributed by atoms with E-state index in [0.717, 1.165) is 0 Å². The number of hydrogen-bond donors (Lipinski definition) is 7. The molecule has 0 aliphatic heterocycles. The quantitative estimate of drug-likeness (QED) is 0.257. The highest BCUT2D eigenvalue weighted by atomic mass is 32.1. The Hall–Kier alpha value is -0.560. The second-order valence-electron chi connectivity index (χ2n) is 10.5. The van der Waals surface area contributed by atoms with Gasteiger partial charge >= 0.3 is 7.48 Å². The Morgan fingerprint density at radius 1 is 0.853 bits per heavy atom. The number of nitrogens with one attached hydrogen (secondary N) is 1. The molecule has 2 rings (SSSR count). The van der Waals surface area contributed by atoms with Gasteiger partial charge < -0.3 is 42.6 Å². The second-order valence-corrected chi connectivity index (χ2v) is 10.5. The van der Waals surface area contributed by atoms with Gasteiger partial charge in [-0.15, -0.1) is 0 Å². The molecule has 193 valence electrons. The summed E-state index contributed by atoms with van der Waals surface area (Å²) in [5, 5.41) is 36.6. The van der Waals surface area contributed by atoms with Crippen LogP contribution in [0, 0.1) is 5.41 Å². The van der Waals surface area contributed by atoms with Crippen molar-refractivity contribution in [3.05, 3.63) is 34.2 Å². The third-order valence-corrected chi connectivity index (χ3v) is 6.50. The standard InChI is InChI=1S/C16H25B2N4O2.C6H14O2.2H2S/c1-15(2,23)16(3,4)24-18-10-6-8-7(12(20)14(10)22)5-9(17)13(21)11(8)19;1-5(2,7)6(3,4)8;;/h5-6,12-14,19,23H,20-22H2,1-4H3;7-8H,1-4H3;2*1H2. The first-order valence-electron chi connectivity index (χ1n) is 10.6. The van der Waals surface area contributed by atoms with E-state index in [9.17, 15) is 5.11 Å². The molecular formula is C22H43B2N4O4S2. The molecule has 12 heteroatoms. The lowest BCUT2D eigenvalue weighted by Gasteiger charge is -2.39. The zero-order valence-electron chi connectivity index (χ0n) is 21.5. The van der Waals surface area contributed by atoms with Crippen molar-refractivity contribution < 1.29 is 20.0 Å². The highest BCUT2D eigenvalue weighted by molar-refractivity contribution is 7.59. The van der Waals surface area contributed by atoms with E-state index in [1.807, 2.05) is 0 Å². The van der Waals surface area contributed by atoms with Crippen LogP contribution in [0.3, 0.4) is 0 Å². The van der Waals surface area contributed by atoms with E-state index in [0.29, 0.717) is 22.1 Å². The number of nitrogens with two attached hydrogens (primary N) is 3. The van der Waals surface area contributed by atoms with Gasteiger partial charge in [0.05, 0.1) is 34.2 Å². The van der Waals surface area contributed by atoms with Gasteiger partial charge in [0.2, 0.25) is 0 Å². The maximum absolute atomic E-state index is 10.2. The molecule has 3 unspecified atom stereocenters. The third kappa shape index (κ3) is 8.25. The molecule has 0 bridgehead atoms. The van der Waals surface area contributed by atoms with Crippen molar-refractivity contribution in [1.29, 1.82) is 5.41 Å². The Morgan fingerprint density at radius 3 is 1.68 bits per heavy atom. The number of rotatable bonds is 5. The van der Waals surface area contributed by atoms with Crippen molar-refractivity contribution in [2.75, 3.05) is 0 Å². The molecule has 2 aliphatic rings. The smallest absolute Gasteiger partial charge is 0.328 e. The minimum absolute atomic E-state index is 0. The molecule has 0 aromatic rings. The molecule has 10 N–H and O–H groups in total. The normalized spacial score (nSPS) is 23.4. The Kier molecular flexibility index (Phi) is 12.7. The van der Waals surface area contributed by atoms with E-state index in [1.54, 1.807) is 67.5 Å². The minimum Gasteiger partial charge on any atom is -0.427 e. The Bertz CT molecular complexity index is 814. The fourth-order valence-corrected chi connectivity index (χ4v) is 2.41. The van der Waals surface area contributed by atoms with Crippen molar-refractivity contribution in [2.45, 2.75) is 95.9 Å². The van der Waals surface area contributed by atoms with Gasteiger partial charge in [-0.2, -0.15) is 27.0 Å². The predicted molar refractivity (Wildman–Crippen MR) is 151 cm³/mol. The van der Waals surface area contributed by atoms with Gasteiger partial charge in [0.1, 0.15) is 7.85 Å².